The number of benzene rings is 2. The van der Waals surface area contributed by atoms with Crippen LogP contribution in [0.3, 0.4) is 0 Å². The number of fused-ring (bicyclic) bond motifs is 3. The van der Waals surface area contributed by atoms with Gasteiger partial charge in [-0.1, -0.05) is 23.7 Å². The normalized spacial score (nSPS) is 20.9. The molecule has 9 heteroatoms. The van der Waals surface area contributed by atoms with Crippen LogP contribution >= 0.6 is 11.6 Å². The summed E-state index contributed by atoms with van der Waals surface area (Å²) in [5, 5.41) is 21.7. The summed E-state index contributed by atoms with van der Waals surface area (Å²) in [6, 6.07) is 14.0. The van der Waals surface area contributed by atoms with Crippen molar-refractivity contribution in [3.8, 4) is 16.9 Å². The molecule has 4 heterocycles. The van der Waals surface area contributed by atoms with Crippen molar-refractivity contribution in [2.75, 3.05) is 18.0 Å². The number of carboxylic acid groups (broad SMARTS) is 1. The minimum atomic E-state index is -0.676. The average Bonchev–Trinajstić information content (AvgIpc) is 3.20. The van der Waals surface area contributed by atoms with Gasteiger partial charge in [-0.15, -0.1) is 0 Å². The molecule has 5 aromatic rings. The van der Waals surface area contributed by atoms with Crippen molar-refractivity contribution in [2.24, 2.45) is 24.8 Å². The zero-order valence-electron chi connectivity index (χ0n) is 19.8. The molecule has 7 rings (SSSR count). The molecule has 0 spiro atoms. The Morgan fingerprint density at radius 2 is 1.86 bits per heavy atom. The summed E-state index contributed by atoms with van der Waals surface area (Å²) < 4.78 is 3.73. The first kappa shape index (κ1) is 21.4. The predicted molar refractivity (Wildman–Crippen MR) is 139 cm³/mol. The fourth-order valence-electron chi connectivity index (χ4n) is 5.87. The van der Waals surface area contributed by atoms with Crippen LogP contribution in [-0.4, -0.2) is 48.7 Å². The summed E-state index contributed by atoms with van der Waals surface area (Å²) in [6.07, 6.45) is 3.85. The van der Waals surface area contributed by atoms with Crippen molar-refractivity contribution < 1.29 is 9.90 Å². The standard InChI is InChI=1S/C27H23ClN6O2/c1-14-21(28)8-7-17-25(16-4-3-5-22-18(16)11-32(2)30-22)31-34(26(14)17)15-6-9-23(29-10-15)33-12-19-20(13-33)24(19)27(35)36/h3-11,19-20,24H,12-13H2,1-2H3,(H,35,36)/t19-,20+,24?. The van der Waals surface area contributed by atoms with Crippen LogP contribution in [0.15, 0.2) is 54.9 Å². The van der Waals surface area contributed by atoms with Gasteiger partial charge in [0.25, 0.3) is 0 Å². The molecular formula is C27H23ClN6O2. The van der Waals surface area contributed by atoms with E-state index in [2.05, 4.69) is 16.1 Å². The SMILES string of the molecule is Cc1c(Cl)ccc2c(-c3cccc4nn(C)cc34)nn(-c3ccc(N4C[C@@H]5C(C(=O)O)[C@@H]5C4)nc3)c12. The summed E-state index contributed by atoms with van der Waals surface area (Å²) in [5.41, 5.74) is 5.54. The van der Waals surface area contributed by atoms with E-state index in [0.29, 0.717) is 5.02 Å². The van der Waals surface area contributed by atoms with E-state index < -0.39 is 5.97 Å². The molecular weight excluding hydrogens is 476 g/mol. The van der Waals surface area contributed by atoms with Crippen LogP contribution in [0.25, 0.3) is 38.8 Å². The van der Waals surface area contributed by atoms with Crippen LogP contribution in [0.4, 0.5) is 5.82 Å². The van der Waals surface area contributed by atoms with Gasteiger partial charge in [-0.2, -0.15) is 10.2 Å². The predicted octanol–water partition coefficient (Wildman–Crippen LogP) is 4.70. The van der Waals surface area contributed by atoms with Gasteiger partial charge in [0, 0.05) is 47.7 Å². The minimum absolute atomic E-state index is 0.189. The lowest BCUT2D eigenvalue weighted by atomic mass is 10.0. The Morgan fingerprint density at radius 3 is 2.58 bits per heavy atom. The fraction of sp³-hybridized carbons (Fsp3) is 0.259. The van der Waals surface area contributed by atoms with Gasteiger partial charge in [0.2, 0.25) is 0 Å². The molecule has 36 heavy (non-hydrogen) atoms. The van der Waals surface area contributed by atoms with Crippen LogP contribution in [0.5, 0.6) is 0 Å². The van der Waals surface area contributed by atoms with E-state index in [1.165, 1.54) is 0 Å². The number of anilines is 1. The van der Waals surface area contributed by atoms with Gasteiger partial charge in [-0.3, -0.25) is 9.48 Å². The van der Waals surface area contributed by atoms with E-state index in [4.69, 9.17) is 21.7 Å². The van der Waals surface area contributed by atoms with E-state index >= 15 is 0 Å². The van der Waals surface area contributed by atoms with E-state index in [-0.39, 0.29) is 17.8 Å². The molecule has 0 radical (unpaired) electrons. The van der Waals surface area contributed by atoms with Gasteiger partial charge < -0.3 is 10.0 Å². The second-order valence-corrected chi connectivity index (χ2v) is 10.2. The maximum Gasteiger partial charge on any atom is 0.307 e. The molecule has 3 atom stereocenters. The highest BCUT2D eigenvalue weighted by molar-refractivity contribution is 6.32. The van der Waals surface area contributed by atoms with Crippen molar-refractivity contribution in [2.45, 2.75) is 6.92 Å². The van der Waals surface area contributed by atoms with E-state index in [9.17, 15) is 9.90 Å². The Kier molecular flexibility index (Phi) is 4.48. The molecule has 1 N–H and O–H groups in total. The number of pyridine rings is 1. The molecule has 2 aromatic carbocycles. The van der Waals surface area contributed by atoms with Gasteiger partial charge in [-0.05, 0) is 54.7 Å². The summed E-state index contributed by atoms with van der Waals surface area (Å²) in [5.74, 6) is 0.474. The first-order valence-electron chi connectivity index (χ1n) is 12.0. The molecule has 3 aromatic heterocycles. The number of hydrogen-bond acceptors (Lipinski definition) is 5. The number of carboxylic acids is 1. The number of halogens is 1. The van der Waals surface area contributed by atoms with Crippen LogP contribution in [0, 0.1) is 24.7 Å². The summed E-state index contributed by atoms with van der Waals surface area (Å²) in [4.78, 5) is 18.2. The molecule has 1 saturated heterocycles. The van der Waals surface area contributed by atoms with E-state index in [1.807, 2.05) is 72.1 Å². The van der Waals surface area contributed by atoms with Gasteiger partial charge in [0.1, 0.15) is 11.5 Å². The topological polar surface area (TPSA) is 89.1 Å². The third kappa shape index (κ3) is 3.07. The quantitative estimate of drug-likeness (QED) is 0.386. The number of rotatable bonds is 4. The smallest absolute Gasteiger partial charge is 0.307 e. The molecule has 0 amide bonds. The minimum Gasteiger partial charge on any atom is -0.481 e. The summed E-state index contributed by atoms with van der Waals surface area (Å²) >= 11 is 6.55. The lowest BCUT2D eigenvalue weighted by molar-refractivity contribution is -0.139. The number of carbonyl (C=O) groups is 1. The molecule has 180 valence electrons. The zero-order chi connectivity index (χ0) is 24.7. The average molecular weight is 499 g/mol. The monoisotopic (exact) mass is 498 g/mol. The van der Waals surface area contributed by atoms with E-state index in [0.717, 1.165) is 63.2 Å². The molecule has 8 nitrogen and oxygen atoms in total. The highest BCUT2D eigenvalue weighted by Gasteiger charge is 2.60. The Morgan fingerprint density at radius 1 is 1.06 bits per heavy atom. The third-order valence-corrected chi connectivity index (χ3v) is 8.14. The number of nitrogens with zero attached hydrogens (tertiary/aromatic N) is 6. The Balaban J connectivity index is 1.31. The number of hydrogen-bond donors (Lipinski definition) is 1. The Bertz CT molecular complexity index is 1680. The number of aryl methyl sites for hydroxylation is 2. The molecule has 1 saturated carbocycles. The first-order valence-corrected chi connectivity index (χ1v) is 12.3. The largest absolute Gasteiger partial charge is 0.481 e. The number of aromatic nitrogens is 5. The van der Waals surface area contributed by atoms with Crippen molar-refractivity contribution >= 4 is 45.2 Å². The lowest BCUT2D eigenvalue weighted by Crippen LogP contribution is -2.26. The van der Waals surface area contributed by atoms with Crippen molar-refractivity contribution in [3.05, 3.63) is 65.4 Å². The third-order valence-electron chi connectivity index (χ3n) is 7.73. The molecule has 0 bridgehead atoms. The second kappa shape index (κ2) is 7.54. The number of piperidine rings is 1. The Labute approximate surface area is 211 Å². The molecule has 1 aliphatic heterocycles. The van der Waals surface area contributed by atoms with Crippen LogP contribution in [0.1, 0.15) is 5.56 Å². The van der Waals surface area contributed by atoms with Gasteiger partial charge in [0.15, 0.2) is 0 Å². The summed E-state index contributed by atoms with van der Waals surface area (Å²) in [6.45, 7) is 3.49. The van der Waals surface area contributed by atoms with Gasteiger partial charge in [-0.25, -0.2) is 9.67 Å². The van der Waals surface area contributed by atoms with Gasteiger partial charge in [0.05, 0.1) is 28.8 Å². The molecule has 2 fully saturated rings. The van der Waals surface area contributed by atoms with Crippen molar-refractivity contribution in [1.82, 2.24) is 24.5 Å². The molecule has 1 aliphatic carbocycles. The summed E-state index contributed by atoms with van der Waals surface area (Å²) in [7, 11) is 1.92. The maximum atomic E-state index is 11.3. The fourth-order valence-corrected chi connectivity index (χ4v) is 6.02. The first-order chi connectivity index (χ1) is 17.4. The van der Waals surface area contributed by atoms with Gasteiger partial charge >= 0.3 is 5.97 Å². The zero-order valence-corrected chi connectivity index (χ0v) is 20.5. The van der Waals surface area contributed by atoms with E-state index in [1.54, 1.807) is 0 Å². The van der Waals surface area contributed by atoms with Crippen molar-refractivity contribution in [3.63, 3.8) is 0 Å². The highest BCUT2D eigenvalue weighted by atomic mass is 35.5. The van der Waals surface area contributed by atoms with Crippen LogP contribution < -0.4 is 4.90 Å². The highest BCUT2D eigenvalue weighted by Crippen LogP contribution is 2.52. The number of aliphatic carboxylic acids is 1. The molecule has 2 aliphatic rings. The van der Waals surface area contributed by atoms with Crippen LogP contribution in [0.2, 0.25) is 5.02 Å². The second-order valence-electron chi connectivity index (χ2n) is 9.84. The van der Waals surface area contributed by atoms with Crippen LogP contribution in [-0.2, 0) is 11.8 Å². The van der Waals surface area contributed by atoms with Crippen molar-refractivity contribution in [1.29, 1.82) is 0 Å². The lowest BCUT2D eigenvalue weighted by Gasteiger charge is -2.20. The Hall–Kier alpha value is -3.91. The molecule has 1 unspecified atom stereocenters. The maximum absolute atomic E-state index is 11.3.